The first kappa shape index (κ1) is 16.1. The summed E-state index contributed by atoms with van der Waals surface area (Å²) in [5.41, 5.74) is 1.36. The second-order valence-corrected chi connectivity index (χ2v) is 7.15. The Balaban J connectivity index is 1.42. The predicted octanol–water partition coefficient (Wildman–Crippen LogP) is 0.697. The maximum atomic E-state index is 14.5. The largest absolute Gasteiger partial charge is 0.442 e. The summed E-state index contributed by atoms with van der Waals surface area (Å²) in [6.07, 6.45) is -0.952. The Hall–Kier alpha value is -2.35. The SMILES string of the molecule is CC(=O)NC[C@H]1CN(c2ccc(N3CC4(CNC4)C3)c(F)c2)C(=O)O1. The van der Waals surface area contributed by atoms with Crippen molar-refractivity contribution >= 4 is 23.4 Å². The molecule has 3 aliphatic rings. The molecule has 1 spiro atoms. The van der Waals surface area contributed by atoms with Crippen LogP contribution in [0.1, 0.15) is 6.92 Å². The summed E-state index contributed by atoms with van der Waals surface area (Å²) in [6, 6.07) is 4.84. The van der Waals surface area contributed by atoms with Gasteiger partial charge in [0.25, 0.3) is 0 Å². The van der Waals surface area contributed by atoms with Crippen LogP contribution < -0.4 is 20.4 Å². The molecule has 2 N–H and O–H groups in total. The molecule has 0 unspecified atom stereocenters. The summed E-state index contributed by atoms with van der Waals surface area (Å²) >= 11 is 0. The van der Waals surface area contributed by atoms with E-state index in [0.717, 1.165) is 26.2 Å². The van der Waals surface area contributed by atoms with Gasteiger partial charge in [-0.1, -0.05) is 0 Å². The van der Waals surface area contributed by atoms with Crippen LogP contribution in [0.4, 0.5) is 20.6 Å². The van der Waals surface area contributed by atoms with Crippen LogP contribution >= 0.6 is 0 Å². The van der Waals surface area contributed by atoms with E-state index in [0.29, 0.717) is 16.8 Å². The number of hydrogen-bond acceptors (Lipinski definition) is 5. The van der Waals surface area contributed by atoms with E-state index in [1.54, 1.807) is 12.1 Å². The van der Waals surface area contributed by atoms with Crippen LogP contribution in [0.15, 0.2) is 18.2 Å². The molecule has 1 aromatic carbocycles. The smallest absolute Gasteiger partial charge is 0.414 e. The molecule has 1 aromatic rings. The number of cyclic esters (lactones) is 1. The summed E-state index contributed by atoms with van der Waals surface area (Å²) in [4.78, 5) is 26.4. The standard InChI is InChI=1S/C17H21FN4O3/c1-11(23)20-5-13-6-22(16(24)25-13)12-2-3-15(14(18)4-12)21-9-17(10-21)7-19-8-17/h2-4,13,19H,5-10H2,1H3,(H,20,23)/t13-/m0/s1. The van der Waals surface area contributed by atoms with E-state index in [9.17, 15) is 14.0 Å². The molecule has 4 rings (SSSR count). The van der Waals surface area contributed by atoms with Gasteiger partial charge in [0.15, 0.2) is 0 Å². The normalized spacial score (nSPS) is 23.9. The third-order valence-corrected chi connectivity index (χ3v) is 5.09. The number of nitrogens with one attached hydrogen (secondary N) is 2. The van der Waals surface area contributed by atoms with Gasteiger partial charge < -0.3 is 20.3 Å². The Morgan fingerprint density at radius 2 is 2.20 bits per heavy atom. The maximum absolute atomic E-state index is 14.5. The maximum Gasteiger partial charge on any atom is 0.414 e. The first-order valence-corrected chi connectivity index (χ1v) is 8.44. The van der Waals surface area contributed by atoms with E-state index in [2.05, 4.69) is 10.6 Å². The van der Waals surface area contributed by atoms with Crippen molar-refractivity contribution in [2.45, 2.75) is 13.0 Å². The van der Waals surface area contributed by atoms with Gasteiger partial charge in [0.2, 0.25) is 5.91 Å². The lowest BCUT2D eigenvalue weighted by molar-refractivity contribution is -0.119. The summed E-state index contributed by atoms with van der Waals surface area (Å²) < 4.78 is 19.7. The first-order chi connectivity index (χ1) is 12.0. The lowest BCUT2D eigenvalue weighted by Crippen LogP contribution is -2.71. The van der Waals surface area contributed by atoms with Crippen molar-refractivity contribution in [3.05, 3.63) is 24.0 Å². The van der Waals surface area contributed by atoms with Gasteiger partial charge in [-0.3, -0.25) is 9.69 Å². The Kier molecular flexibility index (Phi) is 3.79. The van der Waals surface area contributed by atoms with Crippen molar-refractivity contribution in [1.29, 1.82) is 0 Å². The fourth-order valence-electron chi connectivity index (χ4n) is 3.65. The summed E-state index contributed by atoms with van der Waals surface area (Å²) in [7, 11) is 0. The van der Waals surface area contributed by atoms with Gasteiger partial charge in [0.1, 0.15) is 11.9 Å². The van der Waals surface area contributed by atoms with E-state index in [-0.39, 0.29) is 24.8 Å². The zero-order valence-corrected chi connectivity index (χ0v) is 14.0. The molecule has 3 aliphatic heterocycles. The van der Waals surface area contributed by atoms with E-state index >= 15 is 0 Å². The molecular weight excluding hydrogens is 327 g/mol. The molecule has 25 heavy (non-hydrogen) atoms. The summed E-state index contributed by atoms with van der Waals surface area (Å²) in [6.45, 7) is 5.67. The highest BCUT2D eigenvalue weighted by molar-refractivity contribution is 5.90. The van der Waals surface area contributed by atoms with Crippen LogP contribution in [0.2, 0.25) is 0 Å². The number of nitrogens with zero attached hydrogens (tertiary/aromatic N) is 2. The van der Waals surface area contributed by atoms with Gasteiger partial charge in [-0.2, -0.15) is 0 Å². The molecule has 0 saturated carbocycles. The van der Waals surface area contributed by atoms with Crippen molar-refractivity contribution < 1.29 is 18.7 Å². The summed E-state index contributed by atoms with van der Waals surface area (Å²) in [5, 5.41) is 5.88. The van der Waals surface area contributed by atoms with Crippen LogP contribution in [0, 0.1) is 11.2 Å². The molecule has 134 valence electrons. The number of ether oxygens (including phenoxy) is 1. The zero-order valence-electron chi connectivity index (χ0n) is 14.0. The van der Waals surface area contributed by atoms with E-state index in [1.807, 2.05) is 4.90 Å². The highest BCUT2D eigenvalue weighted by Gasteiger charge is 2.48. The highest BCUT2D eigenvalue weighted by atomic mass is 19.1. The quantitative estimate of drug-likeness (QED) is 0.838. The van der Waals surface area contributed by atoms with E-state index in [4.69, 9.17) is 4.74 Å². The topological polar surface area (TPSA) is 73.9 Å². The third-order valence-electron chi connectivity index (χ3n) is 5.09. The molecule has 3 fully saturated rings. The number of hydrogen-bond donors (Lipinski definition) is 2. The number of amides is 2. The number of halogens is 1. The van der Waals surface area contributed by atoms with Crippen molar-refractivity contribution in [1.82, 2.24) is 10.6 Å². The Bertz CT molecular complexity index is 714. The van der Waals surface area contributed by atoms with Crippen molar-refractivity contribution in [3.63, 3.8) is 0 Å². The van der Waals surface area contributed by atoms with Crippen LogP contribution in [0.25, 0.3) is 0 Å². The van der Waals surface area contributed by atoms with Crippen LogP contribution in [0.5, 0.6) is 0 Å². The molecule has 3 saturated heterocycles. The third kappa shape index (κ3) is 2.90. The molecule has 0 radical (unpaired) electrons. The van der Waals surface area contributed by atoms with Gasteiger partial charge in [0.05, 0.1) is 24.5 Å². The number of rotatable bonds is 4. The molecule has 2 amide bonds. The molecular formula is C17H21FN4O3. The number of carbonyl (C=O) groups excluding carboxylic acids is 2. The average molecular weight is 348 g/mol. The molecule has 8 heteroatoms. The highest BCUT2D eigenvalue weighted by Crippen LogP contribution is 2.39. The molecule has 1 atom stereocenters. The lowest BCUT2D eigenvalue weighted by Gasteiger charge is -2.57. The van der Waals surface area contributed by atoms with Crippen molar-refractivity contribution in [2.24, 2.45) is 5.41 Å². The molecule has 0 aromatic heterocycles. The fraction of sp³-hybridized carbons (Fsp3) is 0.529. The van der Waals surface area contributed by atoms with E-state index < -0.39 is 12.2 Å². The Morgan fingerprint density at radius 1 is 1.44 bits per heavy atom. The molecule has 0 bridgehead atoms. The number of anilines is 2. The predicted molar refractivity (Wildman–Crippen MR) is 90.2 cm³/mol. The lowest BCUT2D eigenvalue weighted by atomic mass is 9.74. The minimum absolute atomic E-state index is 0.182. The molecule has 0 aliphatic carbocycles. The van der Waals surface area contributed by atoms with Crippen LogP contribution in [-0.4, -0.2) is 57.4 Å². The fourth-order valence-corrected chi connectivity index (χ4v) is 3.65. The average Bonchev–Trinajstić information content (AvgIpc) is 2.85. The van der Waals surface area contributed by atoms with Crippen LogP contribution in [-0.2, 0) is 9.53 Å². The molecule has 3 heterocycles. The minimum atomic E-state index is -0.522. The van der Waals surface area contributed by atoms with Crippen molar-refractivity contribution in [2.75, 3.05) is 49.1 Å². The monoisotopic (exact) mass is 348 g/mol. The van der Waals surface area contributed by atoms with Gasteiger partial charge in [-0.15, -0.1) is 0 Å². The van der Waals surface area contributed by atoms with Crippen LogP contribution in [0.3, 0.4) is 0 Å². The second kappa shape index (κ2) is 5.87. The Labute approximate surface area is 145 Å². The number of carbonyl (C=O) groups is 2. The summed E-state index contributed by atoms with van der Waals surface area (Å²) in [5.74, 6) is -0.517. The first-order valence-electron chi connectivity index (χ1n) is 8.44. The van der Waals surface area contributed by atoms with Gasteiger partial charge in [-0.25, -0.2) is 9.18 Å². The van der Waals surface area contributed by atoms with E-state index in [1.165, 1.54) is 17.9 Å². The Morgan fingerprint density at radius 3 is 2.80 bits per heavy atom. The minimum Gasteiger partial charge on any atom is -0.442 e. The van der Waals surface area contributed by atoms with Crippen molar-refractivity contribution in [3.8, 4) is 0 Å². The zero-order chi connectivity index (χ0) is 17.6. The van der Waals surface area contributed by atoms with Gasteiger partial charge in [0, 0.05) is 38.5 Å². The number of benzene rings is 1. The van der Waals surface area contributed by atoms with Gasteiger partial charge in [-0.05, 0) is 18.2 Å². The second-order valence-electron chi connectivity index (χ2n) is 7.15. The molecule has 7 nitrogen and oxygen atoms in total. The van der Waals surface area contributed by atoms with Gasteiger partial charge >= 0.3 is 6.09 Å².